The van der Waals surface area contributed by atoms with Crippen molar-refractivity contribution in [1.82, 2.24) is 15.0 Å². The molecule has 246 valence electrons. The Labute approximate surface area is 302 Å². The second-order valence-corrected chi connectivity index (χ2v) is 12.8. The number of hydrogen-bond donors (Lipinski definition) is 0. The van der Waals surface area contributed by atoms with Crippen molar-refractivity contribution in [2.45, 2.75) is 6.42 Å². The lowest BCUT2D eigenvalue weighted by atomic mass is 9.94. The first-order valence-electron chi connectivity index (χ1n) is 17.4. The van der Waals surface area contributed by atoms with E-state index in [2.05, 4.69) is 146 Å². The number of furan rings is 1. The van der Waals surface area contributed by atoms with E-state index < -0.39 is 0 Å². The molecule has 4 heteroatoms. The second kappa shape index (κ2) is 13.4. The lowest BCUT2D eigenvalue weighted by molar-refractivity contribution is 0.600. The predicted molar refractivity (Wildman–Crippen MR) is 215 cm³/mol. The molecule has 0 atom stereocenters. The number of aromatic nitrogens is 3. The van der Waals surface area contributed by atoms with E-state index in [4.69, 9.17) is 19.4 Å². The third kappa shape index (κ3) is 5.86. The van der Waals surface area contributed by atoms with Gasteiger partial charge in [-0.1, -0.05) is 164 Å². The van der Waals surface area contributed by atoms with Gasteiger partial charge < -0.3 is 4.42 Å². The first kappa shape index (κ1) is 31.1. The van der Waals surface area contributed by atoms with Crippen LogP contribution in [0.2, 0.25) is 0 Å². The van der Waals surface area contributed by atoms with Gasteiger partial charge in [-0.2, -0.15) is 0 Å². The van der Waals surface area contributed by atoms with E-state index in [1.54, 1.807) is 6.08 Å². The Hall–Kier alpha value is -6.91. The number of benzene rings is 7. The maximum Gasteiger partial charge on any atom is 0.164 e. The van der Waals surface area contributed by atoms with Gasteiger partial charge in [0.25, 0.3) is 0 Å². The molecule has 2 heterocycles. The number of hydrogen-bond acceptors (Lipinski definition) is 4. The van der Waals surface area contributed by atoms with E-state index in [9.17, 15) is 0 Å². The van der Waals surface area contributed by atoms with Gasteiger partial charge in [0.05, 0.1) is 0 Å². The first-order valence-corrected chi connectivity index (χ1v) is 17.4. The summed E-state index contributed by atoms with van der Waals surface area (Å²) < 4.78 is 6.29. The van der Waals surface area contributed by atoms with Gasteiger partial charge in [0, 0.05) is 34.1 Å². The molecule has 0 bridgehead atoms. The van der Waals surface area contributed by atoms with Crippen molar-refractivity contribution in [3.05, 3.63) is 193 Å². The molecule has 0 fully saturated rings. The summed E-state index contributed by atoms with van der Waals surface area (Å²) in [4.78, 5) is 15.4. The number of fused-ring (bicyclic) bond motifs is 3. The summed E-state index contributed by atoms with van der Waals surface area (Å²) in [5.41, 5.74) is 8.35. The smallest absolute Gasteiger partial charge is 0.164 e. The van der Waals surface area contributed by atoms with Gasteiger partial charge in [0.1, 0.15) is 11.3 Å². The molecule has 0 unspecified atom stereocenters. The van der Waals surface area contributed by atoms with Crippen molar-refractivity contribution in [2.24, 2.45) is 0 Å². The largest absolute Gasteiger partial charge is 0.456 e. The molecule has 52 heavy (non-hydrogen) atoms. The Morgan fingerprint density at radius 2 is 1.13 bits per heavy atom. The molecule has 0 aliphatic carbocycles. The number of nitrogens with zero attached hydrogens (tertiary/aromatic N) is 3. The van der Waals surface area contributed by atoms with E-state index in [0.717, 1.165) is 60.7 Å². The lowest BCUT2D eigenvalue weighted by Crippen LogP contribution is -2.01. The Kier molecular flexibility index (Phi) is 8.03. The fourth-order valence-corrected chi connectivity index (χ4v) is 7.03. The monoisotopic (exact) mass is 667 g/mol. The zero-order chi connectivity index (χ0) is 34.9. The molecule has 9 aromatic rings. The summed E-state index contributed by atoms with van der Waals surface area (Å²) in [6.07, 6.45) is 6.39. The molecule has 0 spiro atoms. The molecule has 0 amide bonds. The van der Waals surface area contributed by atoms with Crippen molar-refractivity contribution < 1.29 is 4.42 Å². The molecule has 4 nitrogen and oxygen atoms in total. The highest BCUT2D eigenvalue weighted by Gasteiger charge is 2.18. The summed E-state index contributed by atoms with van der Waals surface area (Å²) in [7, 11) is 0. The van der Waals surface area contributed by atoms with E-state index in [1.165, 1.54) is 16.5 Å². The Morgan fingerprint density at radius 3 is 1.98 bits per heavy atom. The van der Waals surface area contributed by atoms with Crippen LogP contribution in [0.25, 0.3) is 83.9 Å². The third-order valence-corrected chi connectivity index (χ3v) is 9.63. The maximum absolute atomic E-state index is 6.29. The fraction of sp³-hybridized carbons (Fsp3) is 0.0208. The van der Waals surface area contributed by atoms with Gasteiger partial charge in [-0.05, 0) is 56.4 Å². The molecule has 0 radical (unpaired) electrons. The van der Waals surface area contributed by atoms with Crippen LogP contribution >= 0.6 is 0 Å². The maximum atomic E-state index is 6.29. The molecule has 0 aliphatic rings. The van der Waals surface area contributed by atoms with Crippen LogP contribution in [0.5, 0.6) is 0 Å². The fourth-order valence-electron chi connectivity index (χ4n) is 7.03. The number of para-hydroxylation sites is 1. The molecule has 9 rings (SSSR count). The summed E-state index contributed by atoms with van der Waals surface area (Å²) >= 11 is 0. The highest BCUT2D eigenvalue weighted by atomic mass is 16.3. The van der Waals surface area contributed by atoms with E-state index in [1.807, 2.05) is 30.4 Å². The van der Waals surface area contributed by atoms with Gasteiger partial charge in [-0.25, -0.2) is 15.0 Å². The second-order valence-electron chi connectivity index (χ2n) is 12.8. The summed E-state index contributed by atoms with van der Waals surface area (Å²) in [5, 5.41) is 5.65. The SMILES string of the molecule is C=C/C=C\c1oc2ccccc2c1Cc1cccc2c(-c3nc(-c4ccc(-c5ccccc5)cc4)nc(-c4ccc5ccccc5c4)n3)cccc12. The van der Waals surface area contributed by atoms with Gasteiger partial charge in [0.2, 0.25) is 0 Å². The van der Waals surface area contributed by atoms with E-state index in [0.29, 0.717) is 23.9 Å². The van der Waals surface area contributed by atoms with Gasteiger partial charge in [-0.15, -0.1) is 0 Å². The standard InChI is InChI=1S/C48H33N3O/c1-2-3-22-45-43(41-18-9-10-23-44(41)52-45)31-37-17-11-20-40-39(37)19-12-21-42(40)48-50-46(35-27-24-34(25-28-35)32-13-5-4-6-14-32)49-47(51-48)38-29-26-33-15-7-8-16-36(33)30-38/h2-30H,1,31H2/b22-3-. The summed E-state index contributed by atoms with van der Waals surface area (Å²) in [5.74, 6) is 2.74. The van der Waals surface area contributed by atoms with Crippen molar-refractivity contribution in [3.63, 3.8) is 0 Å². The highest BCUT2D eigenvalue weighted by molar-refractivity contribution is 5.98. The molecule has 7 aromatic carbocycles. The molecule has 0 aliphatic heterocycles. The average molecular weight is 668 g/mol. The van der Waals surface area contributed by atoms with Crippen LogP contribution in [-0.2, 0) is 6.42 Å². The van der Waals surface area contributed by atoms with Gasteiger partial charge in [0.15, 0.2) is 17.5 Å². The zero-order valence-electron chi connectivity index (χ0n) is 28.4. The number of allylic oxidation sites excluding steroid dienone is 2. The van der Waals surface area contributed by atoms with E-state index >= 15 is 0 Å². The van der Waals surface area contributed by atoms with Crippen LogP contribution in [-0.4, -0.2) is 15.0 Å². The van der Waals surface area contributed by atoms with Crippen molar-refractivity contribution in [2.75, 3.05) is 0 Å². The molecule has 0 saturated carbocycles. The molecular formula is C48H33N3O. The predicted octanol–water partition coefficient (Wildman–Crippen LogP) is 12.4. The van der Waals surface area contributed by atoms with Gasteiger partial charge >= 0.3 is 0 Å². The van der Waals surface area contributed by atoms with Crippen molar-refractivity contribution >= 4 is 38.6 Å². The van der Waals surface area contributed by atoms with Crippen LogP contribution in [0.3, 0.4) is 0 Å². The average Bonchev–Trinajstić information content (AvgIpc) is 3.56. The molecule has 0 N–H and O–H groups in total. The van der Waals surface area contributed by atoms with Crippen molar-refractivity contribution in [3.8, 4) is 45.3 Å². The van der Waals surface area contributed by atoms with Crippen molar-refractivity contribution in [1.29, 1.82) is 0 Å². The highest BCUT2D eigenvalue weighted by Crippen LogP contribution is 2.35. The topological polar surface area (TPSA) is 51.8 Å². The minimum atomic E-state index is 0.629. The number of rotatable bonds is 8. The van der Waals surface area contributed by atoms with Crippen LogP contribution in [0.1, 0.15) is 16.9 Å². The Morgan fingerprint density at radius 1 is 0.500 bits per heavy atom. The molecule has 0 saturated heterocycles. The zero-order valence-corrected chi connectivity index (χ0v) is 28.4. The first-order chi connectivity index (χ1) is 25.7. The minimum Gasteiger partial charge on any atom is -0.456 e. The Bertz CT molecular complexity index is 2780. The molecule has 2 aromatic heterocycles. The quantitative estimate of drug-likeness (QED) is 0.151. The van der Waals surface area contributed by atoms with Crippen LogP contribution in [0.15, 0.2) is 181 Å². The summed E-state index contributed by atoms with van der Waals surface area (Å²) in [6, 6.07) is 54.7. The van der Waals surface area contributed by atoms with Crippen LogP contribution < -0.4 is 0 Å². The summed E-state index contributed by atoms with van der Waals surface area (Å²) in [6.45, 7) is 3.86. The van der Waals surface area contributed by atoms with Gasteiger partial charge in [-0.3, -0.25) is 0 Å². The van der Waals surface area contributed by atoms with Crippen LogP contribution in [0, 0.1) is 0 Å². The normalized spacial score (nSPS) is 11.5. The lowest BCUT2D eigenvalue weighted by Gasteiger charge is -2.13. The van der Waals surface area contributed by atoms with E-state index in [-0.39, 0.29) is 0 Å². The Balaban J connectivity index is 1.19. The minimum absolute atomic E-state index is 0.629. The van der Waals surface area contributed by atoms with Crippen LogP contribution in [0.4, 0.5) is 0 Å². The third-order valence-electron chi connectivity index (χ3n) is 9.63. The molecular weight excluding hydrogens is 635 g/mol.